The summed E-state index contributed by atoms with van der Waals surface area (Å²) in [4.78, 5) is 30.1. The molecular formula is C22H27N3O5S2. The van der Waals surface area contributed by atoms with Gasteiger partial charge in [0.25, 0.3) is 5.91 Å². The fourth-order valence-corrected chi connectivity index (χ4v) is 6.72. The van der Waals surface area contributed by atoms with Gasteiger partial charge in [0.1, 0.15) is 5.76 Å². The Hall–Kier alpha value is -2.30. The van der Waals surface area contributed by atoms with Gasteiger partial charge in [0.2, 0.25) is 5.91 Å². The number of thioether (sulfide) groups is 1. The van der Waals surface area contributed by atoms with Gasteiger partial charge in [0, 0.05) is 37.1 Å². The van der Waals surface area contributed by atoms with Crippen LogP contribution in [-0.4, -0.2) is 79.5 Å². The average molecular weight is 478 g/mol. The van der Waals surface area contributed by atoms with Gasteiger partial charge in [-0.05, 0) is 30.7 Å². The Morgan fingerprint density at radius 3 is 2.56 bits per heavy atom. The molecule has 1 aromatic carbocycles. The van der Waals surface area contributed by atoms with Gasteiger partial charge in [-0.3, -0.25) is 14.5 Å². The highest BCUT2D eigenvalue weighted by Gasteiger charge is 2.34. The van der Waals surface area contributed by atoms with Crippen LogP contribution in [-0.2, 0) is 21.2 Å². The van der Waals surface area contributed by atoms with E-state index in [0.717, 1.165) is 4.90 Å². The highest BCUT2D eigenvalue weighted by Crippen LogP contribution is 2.25. The Kier molecular flexibility index (Phi) is 7.22. The van der Waals surface area contributed by atoms with Crippen molar-refractivity contribution in [3.63, 3.8) is 0 Å². The van der Waals surface area contributed by atoms with Crippen molar-refractivity contribution in [2.45, 2.75) is 23.9 Å². The quantitative estimate of drug-likeness (QED) is 0.605. The minimum atomic E-state index is -2.92. The van der Waals surface area contributed by atoms with Gasteiger partial charge in [-0.1, -0.05) is 12.1 Å². The lowest BCUT2D eigenvalue weighted by atomic mass is 10.1. The summed E-state index contributed by atoms with van der Waals surface area (Å²) in [5.74, 6) is 1.19. The number of benzene rings is 1. The monoisotopic (exact) mass is 477 g/mol. The summed E-state index contributed by atoms with van der Waals surface area (Å²) in [6, 6.07) is 11.0. The smallest absolute Gasteiger partial charge is 0.255 e. The molecule has 2 saturated heterocycles. The predicted octanol–water partition coefficient (Wildman–Crippen LogP) is 1.63. The van der Waals surface area contributed by atoms with Gasteiger partial charge in [-0.15, -0.1) is 11.8 Å². The highest BCUT2D eigenvalue weighted by molar-refractivity contribution is 8.00. The summed E-state index contributed by atoms with van der Waals surface area (Å²) in [6.45, 7) is 2.82. The Labute approximate surface area is 192 Å². The first-order chi connectivity index (χ1) is 15.4. The minimum absolute atomic E-state index is 0.0530. The lowest BCUT2D eigenvalue weighted by molar-refractivity contribution is -0.118. The third-order valence-electron chi connectivity index (χ3n) is 5.84. The number of carbonyl (C=O) groups is 2. The minimum Gasteiger partial charge on any atom is -0.467 e. The second-order valence-electron chi connectivity index (χ2n) is 8.03. The highest BCUT2D eigenvalue weighted by atomic mass is 32.2. The van der Waals surface area contributed by atoms with Crippen molar-refractivity contribution in [1.29, 1.82) is 0 Å². The Morgan fingerprint density at radius 2 is 1.88 bits per heavy atom. The fraction of sp³-hybridized carbons (Fsp3) is 0.455. The molecular weight excluding hydrogens is 450 g/mol. The van der Waals surface area contributed by atoms with Gasteiger partial charge in [-0.25, -0.2) is 8.42 Å². The Morgan fingerprint density at radius 1 is 1.09 bits per heavy atom. The van der Waals surface area contributed by atoms with Crippen LogP contribution in [0, 0.1) is 0 Å². The topological polar surface area (TPSA) is 99.9 Å². The molecule has 172 valence electrons. The number of hydrogen-bond donors (Lipinski definition) is 1. The number of hydrogen-bond acceptors (Lipinski definition) is 7. The third-order valence-corrected chi connectivity index (χ3v) is 8.67. The molecule has 3 heterocycles. The van der Waals surface area contributed by atoms with Crippen LogP contribution in [0.1, 0.15) is 22.5 Å². The third kappa shape index (κ3) is 5.73. The normalized spacial score (nSPS) is 20.9. The predicted molar refractivity (Wildman–Crippen MR) is 122 cm³/mol. The van der Waals surface area contributed by atoms with Crippen molar-refractivity contribution >= 4 is 33.4 Å². The van der Waals surface area contributed by atoms with E-state index in [1.807, 2.05) is 23.1 Å². The molecule has 1 aromatic heterocycles. The molecule has 0 aliphatic carbocycles. The number of sulfone groups is 1. The van der Waals surface area contributed by atoms with E-state index in [4.69, 9.17) is 4.42 Å². The molecule has 0 bridgehead atoms. The van der Waals surface area contributed by atoms with Gasteiger partial charge in [0.05, 0.1) is 35.6 Å². The van der Waals surface area contributed by atoms with Crippen molar-refractivity contribution in [3.8, 4) is 0 Å². The second-order valence-corrected chi connectivity index (χ2v) is 11.3. The van der Waals surface area contributed by atoms with E-state index in [9.17, 15) is 18.0 Å². The zero-order valence-corrected chi connectivity index (χ0v) is 19.4. The summed E-state index contributed by atoms with van der Waals surface area (Å²) in [5.41, 5.74) is 0.591. The van der Waals surface area contributed by atoms with Gasteiger partial charge in [0.15, 0.2) is 9.84 Å². The number of nitrogens with zero attached hydrogens (tertiary/aromatic N) is 2. The molecule has 2 aliphatic heterocycles. The zero-order valence-electron chi connectivity index (χ0n) is 17.7. The Balaban J connectivity index is 1.30. The molecule has 0 unspecified atom stereocenters. The van der Waals surface area contributed by atoms with Crippen LogP contribution in [0.4, 0.5) is 0 Å². The van der Waals surface area contributed by atoms with E-state index in [-0.39, 0.29) is 35.1 Å². The number of carbonyl (C=O) groups excluding carboxylic acids is 2. The van der Waals surface area contributed by atoms with Crippen molar-refractivity contribution in [2.24, 2.45) is 0 Å². The molecule has 2 amide bonds. The lowest BCUT2D eigenvalue weighted by Crippen LogP contribution is -2.52. The molecule has 10 heteroatoms. The number of amides is 2. The zero-order chi connectivity index (χ0) is 22.6. The molecule has 8 nitrogen and oxygen atoms in total. The van der Waals surface area contributed by atoms with Crippen LogP contribution in [0.5, 0.6) is 0 Å². The first kappa shape index (κ1) is 22.9. The summed E-state index contributed by atoms with van der Waals surface area (Å²) < 4.78 is 28.7. The van der Waals surface area contributed by atoms with Crippen molar-refractivity contribution in [3.05, 3.63) is 54.0 Å². The van der Waals surface area contributed by atoms with Crippen LogP contribution in [0.2, 0.25) is 0 Å². The van der Waals surface area contributed by atoms with Gasteiger partial charge < -0.3 is 14.6 Å². The fourth-order valence-electron chi connectivity index (χ4n) is 4.09. The molecule has 32 heavy (non-hydrogen) atoms. The Bertz CT molecular complexity index is 1050. The molecule has 2 aromatic rings. The molecule has 0 saturated carbocycles. The maximum atomic E-state index is 13.2. The second kappa shape index (κ2) is 10.1. The molecule has 1 atom stereocenters. The van der Waals surface area contributed by atoms with E-state index in [0.29, 0.717) is 50.5 Å². The number of furan rings is 1. The number of rotatable bonds is 7. The van der Waals surface area contributed by atoms with E-state index in [2.05, 4.69) is 10.2 Å². The van der Waals surface area contributed by atoms with E-state index in [1.165, 1.54) is 11.8 Å². The summed E-state index contributed by atoms with van der Waals surface area (Å²) in [5, 5.41) is 2.81. The maximum absolute atomic E-state index is 13.2. The van der Waals surface area contributed by atoms with Crippen LogP contribution in [0.25, 0.3) is 0 Å². The molecule has 0 radical (unpaired) electrons. The lowest BCUT2D eigenvalue weighted by Gasteiger charge is -2.37. The van der Waals surface area contributed by atoms with Crippen LogP contribution >= 0.6 is 11.8 Å². The van der Waals surface area contributed by atoms with Crippen molar-refractivity contribution in [1.82, 2.24) is 15.1 Å². The van der Waals surface area contributed by atoms with E-state index >= 15 is 0 Å². The van der Waals surface area contributed by atoms with Crippen LogP contribution < -0.4 is 5.32 Å². The molecule has 2 fully saturated rings. The van der Waals surface area contributed by atoms with E-state index in [1.54, 1.807) is 24.5 Å². The molecule has 0 spiro atoms. The molecule has 1 N–H and O–H groups in total. The standard InChI is InChI=1S/C22H27N3O5S2/c26-21(23-14-18-4-3-12-30-18)15-31-20-6-2-1-5-19(20)22(27)25-10-8-24(9-11-25)17-7-13-32(28,29)16-17/h1-6,12,17H,7-11,13-16H2,(H,23,26)/t17-/m1/s1. The van der Waals surface area contributed by atoms with Crippen molar-refractivity contribution in [2.75, 3.05) is 43.4 Å². The van der Waals surface area contributed by atoms with Crippen molar-refractivity contribution < 1.29 is 22.4 Å². The van der Waals surface area contributed by atoms with Gasteiger partial charge >= 0.3 is 0 Å². The number of nitrogens with one attached hydrogen (secondary N) is 1. The molecule has 2 aliphatic rings. The first-order valence-electron chi connectivity index (χ1n) is 10.7. The van der Waals surface area contributed by atoms with Crippen LogP contribution in [0.15, 0.2) is 52.0 Å². The van der Waals surface area contributed by atoms with E-state index < -0.39 is 9.84 Å². The summed E-state index contributed by atoms with van der Waals surface area (Å²) in [7, 11) is -2.92. The summed E-state index contributed by atoms with van der Waals surface area (Å²) >= 11 is 1.34. The molecule has 4 rings (SSSR count). The first-order valence-corrected chi connectivity index (χ1v) is 13.5. The number of piperazine rings is 1. The summed E-state index contributed by atoms with van der Waals surface area (Å²) in [6.07, 6.45) is 2.24. The average Bonchev–Trinajstić information content (AvgIpc) is 3.45. The van der Waals surface area contributed by atoms with Crippen LogP contribution in [0.3, 0.4) is 0 Å². The SMILES string of the molecule is O=C(CSc1ccccc1C(=O)N1CCN([C@@H]2CCS(=O)(=O)C2)CC1)NCc1ccco1. The van der Waals surface area contributed by atoms with Gasteiger partial charge in [-0.2, -0.15) is 0 Å². The largest absolute Gasteiger partial charge is 0.467 e. The maximum Gasteiger partial charge on any atom is 0.255 e.